The number of aliphatic hydroxyl groups is 4. The van der Waals surface area contributed by atoms with Gasteiger partial charge in [-0.05, 0) is 57.5 Å². The summed E-state index contributed by atoms with van der Waals surface area (Å²) < 4.78 is 0. The summed E-state index contributed by atoms with van der Waals surface area (Å²) in [4.78, 5) is 42.9. The molecule has 1 aromatic carbocycles. The van der Waals surface area contributed by atoms with E-state index < -0.39 is 77.3 Å². The summed E-state index contributed by atoms with van der Waals surface area (Å²) >= 11 is 0. The molecule has 2 fully saturated rings. The van der Waals surface area contributed by atoms with Gasteiger partial charge < -0.3 is 46.4 Å². The summed E-state index contributed by atoms with van der Waals surface area (Å²) in [5.41, 5.74) is 2.68. The van der Waals surface area contributed by atoms with Crippen molar-refractivity contribution in [3.05, 3.63) is 28.8 Å². The summed E-state index contributed by atoms with van der Waals surface area (Å²) in [6.45, 7) is 6.10. The van der Waals surface area contributed by atoms with Crippen LogP contribution < -0.4 is 11.1 Å². The lowest BCUT2D eigenvalue weighted by Gasteiger charge is -2.51. The Hall–Kier alpha value is -3.03. The van der Waals surface area contributed by atoms with Gasteiger partial charge in [-0.3, -0.25) is 14.4 Å². The summed E-state index contributed by atoms with van der Waals surface area (Å²) in [5.74, 6) is -7.71. The van der Waals surface area contributed by atoms with Gasteiger partial charge in [0.15, 0.2) is 11.4 Å². The SMILES string of the molecule is CCCN1CCC(Nc2ccc3c(c2O)C(O)=C2C(=O)[C@](O)(C(=O)CC(N)=O)C(C(CO)N(C)C)[C@@H](O)[C@@H]2C3C)CC1. The number of Topliss-reactive ketones (excluding diaryl/α,β-unsaturated/α-hetero) is 2. The van der Waals surface area contributed by atoms with Gasteiger partial charge in [0.05, 0.1) is 30.4 Å². The van der Waals surface area contributed by atoms with E-state index in [1.807, 2.05) is 0 Å². The van der Waals surface area contributed by atoms with Crippen LogP contribution in [0.5, 0.6) is 5.75 Å². The first-order valence-electron chi connectivity index (χ1n) is 14.6. The molecule has 12 nitrogen and oxygen atoms in total. The number of ketones is 2. The van der Waals surface area contributed by atoms with E-state index in [1.54, 1.807) is 33.2 Å². The highest BCUT2D eigenvalue weighted by Crippen LogP contribution is 2.54. The molecule has 6 atom stereocenters. The van der Waals surface area contributed by atoms with E-state index in [4.69, 9.17) is 5.73 Å². The molecule has 1 heterocycles. The second-order valence-electron chi connectivity index (χ2n) is 12.2. The number of primary amides is 1. The van der Waals surface area contributed by atoms with E-state index in [0.29, 0.717) is 11.3 Å². The minimum atomic E-state index is -2.97. The van der Waals surface area contributed by atoms with Gasteiger partial charge >= 0.3 is 0 Å². The van der Waals surface area contributed by atoms with Gasteiger partial charge in [-0.25, -0.2) is 0 Å². The second kappa shape index (κ2) is 12.3. The molecule has 12 heteroatoms. The van der Waals surface area contributed by atoms with Crippen LogP contribution in [0.25, 0.3) is 5.76 Å². The maximum absolute atomic E-state index is 14.1. The monoisotopic (exact) mass is 588 g/mol. The number of phenolic OH excluding ortho intramolecular Hbond substituents is 1. The van der Waals surface area contributed by atoms with Crippen LogP contribution in [0, 0.1) is 11.8 Å². The number of fused-ring (bicyclic) bond motifs is 2. The fraction of sp³-hybridized carbons (Fsp3) is 0.633. The molecule has 1 saturated carbocycles. The van der Waals surface area contributed by atoms with Gasteiger partial charge in [0.25, 0.3) is 0 Å². The number of nitrogens with two attached hydrogens (primary N) is 1. The fourth-order valence-corrected chi connectivity index (χ4v) is 7.19. The molecule has 42 heavy (non-hydrogen) atoms. The number of piperidine rings is 1. The van der Waals surface area contributed by atoms with Crippen molar-refractivity contribution in [3.63, 3.8) is 0 Å². The Labute approximate surface area is 245 Å². The Morgan fingerprint density at radius 3 is 2.40 bits per heavy atom. The minimum absolute atomic E-state index is 0.0165. The molecule has 0 radical (unpaired) electrons. The van der Waals surface area contributed by atoms with Gasteiger partial charge in [0.2, 0.25) is 11.7 Å². The lowest BCUT2D eigenvalue weighted by atomic mass is 9.56. The standard InChI is InChI=1S/C30H44N4O8/c1-5-10-34-11-8-16(9-12-34)32-18-7-6-17-15(2)22-24(27(39)23(17)26(18)38)29(41)30(42,20(36)13-21(31)37)25(28(22)40)19(14-35)33(3)4/h6-7,15-16,19,22,25,28,32,35,38-40,42H,5,8-14H2,1-4H3,(H2,31,37)/t15?,19?,22-,25?,28+,30+/m1/s1. The van der Waals surface area contributed by atoms with Crippen LogP contribution in [-0.2, 0) is 14.4 Å². The third-order valence-electron chi connectivity index (χ3n) is 9.39. The van der Waals surface area contributed by atoms with E-state index in [1.165, 1.54) is 4.90 Å². The quantitative estimate of drug-likeness (QED) is 0.147. The predicted molar refractivity (Wildman–Crippen MR) is 156 cm³/mol. The van der Waals surface area contributed by atoms with Crippen molar-refractivity contribution in [2.45, 2.75) is 69.2 Å². The van der Waals surface area contributed by atoms with E-state index in [9.17, 15) is 39.9 Å². The third-order valence-corrected chi connectivity index (χ3v) is 9.39. The summed E-state index contributed by atoms with van der Waals surface area (Å²) in [5, 5.41) is 60.0. The number of amides is 1. The van der Waals surface area contributed by atoms with Crippen molar-refractivity contribution in [2.75, 3.05) is 45.7 Å². The third kappa shape index (κ3) is 5.30. The Bertz CT molecular complexity index is 1260. The fourth-order valence-electron chi connectivity index (χ4n) is 7.19. The van der Waals surface area contributed by atoms with Gasteiger partial charge in [-0.2, -0.15) is 0 Å². The number of rotatable bonds is 10. The number of likely N-dealkylation sites (tertiary alicyclic amines) is 1. The number of carbonyl (C=O) groups excluding carboxylic acids is 3. The van der Waals surface area contributed by atoms with Crippen molar-refractivity contribution >= 4 is 28.9 Å². The Balaban J connectivity index is 1.79. The summed E-state index contributed by atoms with van der Waals surface area (Å²) in [6, 6.07) is 2.45. The van der Waals surface area contributed by atoms with E-state index in [0.717, 1.165) is 38.9 Å². The highest BCUT2D eigenvalue weighted by atomic mass is 16.3. The van der Waals surface area contributed by atoms with Crippen LogP contribution in [0.2, 0.25) is 0 Å². The number of likely N-dealkylation sites (N-methyl/N-ethyl adjacent to an activating group) is 1. The van der Waals surface area contributed by atoms with Crippen molar-refractivity contribution in [1.82, 2.24) is 9.80 Å². The van der Waals surface area contributed by atoms with Gasteiger partial charge in [0, 0.05) is 42.6 Å². The number of nitrogens with zero attached hydrogens (tertiary/aromatic N) is 2. The lowest BCUT2D eigenvalue weighted by Crippen LogP contribution is -2.69. The number of benzene rings is 1. The molecule has 3 unspecified atom stereocenters. The van der Waals surface area contributed by atoms with Crippen LogP contribution in [0.1, 0.15) is 56.6 Å². The van der Waals surface area contributed by atoms with Crippen LogP contribution in [-0.4, -0.2) is 117 Å². The highest BCUT2D eigenvalue weighted by Gasteiger charge is 2.65. The topological polar surface area (TPSA) is 197 Å². The molecule has 1 aromatic rings. The number of carbonyl (C=O) groups is 3. The molecular weight excluding hydrogens is 544 g/mol. The molecular formula is C30H44N4O8. The normalized spacial score (nSPS) is 29.3. The smallest absolute Gasteiger partial charge is 0.225 e. The maximum Gasteiger partial charge on any atom is 0.225 e. The number of aliphatic hydroxyl groups excluding tert-OH is 3. The molecule has 8 N–H and O–H groups in total. The molecule has 3 aliphatic rings. The first-order chi connectivity index (χ1) is 19.8. The van der Waals surface area contributed by atoms with Crippen molar-refractivity contribution in [3.8, 4) is 5.75 Å². The first kappa shape index (κ1) is 31.9. The summed E-state index contributed by atoms with van der Waals surface area (Å²) in [6.07, 6.45) is 0.211. The zero-order chi connectivity index (χ0) is 31.1. The lowest BCUT2D eigenvalue weighted by molar-refractivity contribution is -0.176. The number of phenols is 1. The van der Waals surface area contributed by atoms with Crippen molar-refractivity contribution in [1.29, 1.82) is 0 Å². The number of anilines is 1. The van der Waals surface area contributed by atoms with Crippen LogP contribution in [0.3, 0.4) is 0 Å². The Kier molecular flexibility index (Phi) is 9.34. The molecule has 1 saturated heterocycles. The van der Waals surface area contributed by atoms with E-state index >= 15 is 0 Å². The maximum atomic E-state index is 14.1. The van der Waals surface area contributed by atoms with E-state index in [2.05, 4.69) is 17.1 Å². The molecule has 0 bridgehead atoms. The Morgan fingerprint density at radius 1 is 1.21 bits per heavy atom. The molecule has 232 valence electrons. The van der Waals surface area contributed by atoms with Crippen LogP contribution in [0.15, 0.2) is 17.7 Å². The van der Waals surface area contributed by atoms with Gasteiger partial charge in [-0.15, -0.1) is 0 Å². The Morgan fingerprint density at radius 2 is 1.86 bits per heavy atom. The number of nitrogens with one attached hydrogen (secondary N) is 1. The molecule has 1 aliphatic heterocycles. The largest absolute Gasteiger partial charge is 0.507 e. The zero-order valence-corrected chi connectivity index (χ0v) is 24.7. The van der Waals surface area contributed by atoms with Crippen molar-refractivity contribution < 1.29 is 39.9 Å². The molecule has 4 rings (SSSR count). The first-order valence-corrected chi connectivity index (χ1v) is 14.6. The number of aromatic hydroxyl groups is 1. The number of hydrogen-bond donors (Lipinski definition) is 7. The predicted octanol–water partition coefficient (Wildman–Crippen LogP) is 0.339. The average molecular weight is 589 g/mol. The highest BCUT2D eigenvalue weighted by molar-refractivity contribution is 6.23. The van der Waals surface area contributed by atoms with Crippen LogP contribution in [0.4, 0.5) is 5.69 Å². The molecule has 0 spiro atoms. The minimum Gasteiger partial charge on any atom is -0.507 e. The van der Waals surface area contributed by atoms with E-state index in [-0.39, 0.29) is 17.4 Å². The van der Waals surface area contributed by atoms with Gasteiger partial charge in [-0.1, -0.05) is 19.9 Å². The second-order valence-corrected chi connectivity index (χ2v) is 12.2. The zero-order valence-electron chi connectivity index (χ0n) is 24.7. The summed E-state index contributed by atoms with van der Waals surface area (Å²) in [7, 11) is 3.11. The molecule has 2 aliphatic carbocycles. The van der Waals surface area contributed by atoms with Gasteiger partial charge in [0.1, 0.15) is 11.5 Å². The molecule has 1 amide bonds. The number of hydrogen-bond acceptors (Lipinski definition) is 11. The van der Waals surface area contributed by atoms with Crippen LogP contribution >= 0.6 is 0 Å². The average Bonchev–Trinajstić information content (AvgIpc) is 2.93. The molecule has 0 aromatic heterocycles. The van der Waals surface area contributed by atoms with Crippen molar-refractivity contribution in [2.24, 2.45) is 17.6 Å².